The lowest BCUT2D eigenvalue weighted by Gasteiger charge is -2.00. The van der Waals surface area contributed by atoms with Gasteiger partial charge in [0.25, 0.3) is 0 Å². The Morgan fingerprint density at radius 3 is 2.54 bits per heavy atom. The zero-order chi connectivity index (χ0) is 10.1. The molecule has 0 radical (unpaired) electrons. The summed E-state index contributed by atoms with van der Waals surface area (Å²) in [6.07, 6.45) is 6.55. The van der Waals surface area contributed by atoms with Crippen molar-refractivity contribution in [1.82, 2.24) is 0 Å². The number of allylic oxidation sites excluding steroid dienone is 1. The molecule has 2 nitrogen and oxygen atoms in total. The molecule has 0 aromatic rings. The molecule has 0 saturated carbocycles. The first-order valence-electron chi connectivity index (χ1n) is 5.06. The van der Waals surface area contributed by atoms with Gasteiger partial charge in [0, 0.05) is 5.57 Å². The van der Waals surface area contributed by atoms with E-state index in [2.05, 4.69) is 6.92 Å². The summed E-state index contributed by atoms with van der Waals surface area (Å²) in [6.45, 7) is 6.26. The Morgan fingerprint density at radius 2 is 2.00 bits per heavy atom. The lowest BCUT2D eigenvalue weighted by molar-refractivity contribution is -0.138. The van der Waals surface area contributed by atoms with Gasteiger partial charge in [0.1, 0.15) is 0 Å². The summed E-state index contributed by atoms with van der Waals surface area (Å²) < 4.78 is 4.85. The Labute approximate surface area is 81.0 Å². The van der Waals surface area contributed by atoms with Gasteiger partial charge in [-0.25, -0.2) is 4.79 Å². The van der Waals surface area contributed by atoms with Crippen molar-refractivity contribution in [3.63, 3.8) is 0 Å². The van der Waals surface area contributed by atoms with E-state index in [1.165, 1.54) is 12.8 Å². The van der Waals surface area contributed by atoms with Crippen LogP contribution in [0.1, 0.15) is 46.5 Å². The summed E-state index contributed by atoms with van der Waals surface area (Å²) in [5.41, 5.74) is 0.734. The van der Waals surface area contributed by atoms with E-state index >= 15 is 0 Å². The van der Waals surface area contributed by atoms with Crippen molar-refractivity contribution in [2.45, 2.75) is 46.5 Å². The zero-order valence-electron chi connectivity index (χ0n) is 8.93. The fourth-order valence-electron chi connectivity index (χ4n) is 1.04. The second-order valence-corrected chi connectivity index (χ2v) is 3.10. The maximum atomic E-state index is 11.1. The van der Waals surface area contributed by atoms with Crippen LogP contribution in [0.3, 0.4) is 0 Å². The predicted molar refractivity (Wildman–Crippen MR) is 54.5 cm³/mol. The smallest absolute Gasteiger partial charge is 0.333 e. The fraction of sp³-hybridized carbons (Fsp3) is 0.727. The predicted octanol–water partition coefficient (Wildman–Crippen LogP) is 3.08. The average molecular weight is 184 g/mol. The van der Waals surface area contributed by atoms with E-state index in [1.54, 1.807) is 0 Å². The molecule has 0 aromatic carbocycles. The summed E-state index contributed by atoms with van der Waals surface area (Å²) in [5.74, 6) is -0.181. The van der Waals surface area contributed by atoms with Gasteiger partial charge in [0.05, 0.1) is 6.61 Å². The Hall–Kier alpha value is -0.790. The van der Waals surface area contributed by atoms with Crippen molar-refractivity contribution in [3.8, 4) is 0 Å². The van der Waals surface area contributed by atoms with Gasteiger partial charge in [0.15, 0.2) is 0 Å². The van der Waals surface area contributed by atoms with Gasteiger partial charge < -0.3 is 4.74 Å². The normalized spacial score (nSPS) is 11.5. The van der Waals surface area contributed by atoms with Gasteiger partial charge in [-0.05, 0) is 26.7 Å². The number of unbranched alkanes of at least 4 members (excludes halogenated alkanes) is 3. The number of hydrogen-bond acceptors (Lipinski definition) is 2. The third-order valence-electron chi connectivity index (χ3n) is 1.86. The molecule has 0 bridgehead atoms. The van der Waals surface area contributed by atoms with E-state index in [-0.39, 0.29) is 5.97 Å². The van der Waals surface area contributed by atoms with Crippen LogP contribution in [0.2, 0.25) is 0 Å². The fourth-order valence-corrected chi connectivity index (χ4v) is 1.04. The summed E-state index contributed by atoms with van der Waals surface area (Å²) in [4.78, 5) is 11.1. The molecular formula is C11H20O2. The zero-order valence-corrected chi connectivity index (χ0v) is 8.93. The Kier molecular flexibility index (Phi) is 7.36. The van der Waals surface area contributed by atoms with Crippen LogP contribution >= 0.6 is 0 Å². The minimum absolute atomic E-state index is 0.181. The van der Waals surface area contributed by atoms with Crippen LogP contribution in [0.4, 0.5) is 0 Å². The van der Waals surface area contributed by atoms with E-state index < -0.39 is 0 Å². The molecule has 13 heavy (non-hydrogen) atoms. The lowest BCUT2D eigenvalue weighted by atomic mass is 10.1. The van der Waals surface area contributed by atoms with Crippen LogP contribution in [0.5, 0.6) is 0 Å². The van der Waals surface area contributed by atoms with Crippen LogP contribution < -0.4 is 0 Å². The number of ether oxygens (including phenoxy) is 1. The van der Waals surface area contributed by atoms with Crippen LogP contribution in [0, 0.1) is 0 Å². The van der Waals surface area contributed by atoms with Gasteiger partial charge in [0.2, 0.25) is 0 Å². The van der Waals surface area contributed by atoms with E-state index in [0.29, 0.717) is 6.61 Å². The molecule has 0 spiro atoms. The molecule has 0 aliphatic heterocycles. The minimum atomic E-state index is -0.181. The monoisotopic (exact) mass is 184 g/mol. The molecular weight excluding hydrogens is 164 g/mol. The highest BCUT2D eigenvalue weighted by atomic mass is 16.5. The van der Waals surface area contributed by atoms with Crippen LogP contribution in [-0.4, -0.2) is 12.6 Å². The van der Waals surface area contributed by atoms with Crippen LogP contribution in [-0.2, 0) is 9.53 Å². The third kappa shape index (κ3) is 6.38. The van der Waals surface area contributed by atoms with Crippen molar-refractivity contribution in [1.29, 1.82) is 0 Å². The molecule has 0 aliphatic carbocycles. The maximum absolute atomic E-state index is 11.1. The van der Waals surface area contributed by atoms with Gasteiger partial charge in [-0.1, -0.05) is 25.8 Å². The van der Waals surface area contributed by atoms with Gasteiger partial charge in [-0.2, -0.15) is 0 Å². The first-order chi connectivity index (χ1) is 6.22. The van der Waals surface area contributed by atoms with Gasteiger partial charge >= 0.3 is 5.97 Å². The van der Waals surface area contributed by atoms with Crippen molar-refractivity contribution in [3.05, 3.63) is 11.6 Å². The molecule has 0 saturated heterocycles. The van der Waals surface area contributed by atoms with Crippen LogP contribution in [0.15, 0.2) is 11.6 Å². The summed E-state index contributed by atoms with van der Waals surface area (Å²) in [6, 6.07) is 0. The molecule has 76 valence electrons. The lowest BCUT2D eigenvalue weighted by Crippen LogP contribution is -2.04. The van der Waals surface area contributed by atoms with Crippen molar-refractivity contribution in [2.75, 3.05) is 6.61 Å². The van der Waals surface area contributed by atoms with Crippen molar-refractivity contribution in [2.24, 2.45) is 0 Å². The molecule has 0 N–H and O–H groups in total. The van der Waals surface area contributed by atoms with E-state index in [9.17, 15) is 4.79 Å². The van der Waals surface area contributed by atoms with E-state index in [1.807, 2.05) is 19.9 Å². The second-order valence-electron chi connectivity index (χ2n) is 3.10. The van der Waals surface area contributed by atoms with E-state index in [0.717, 1.165) is 18.4 Å². The largest absolute Gasteiger partial charge is 0.463 e. The molecule has 0 fully saturated rings. The van der Waals surface area contributed by atoms with Crippen LogP contribution in [0.25, 0.3) is 0 Å². The molecule has 0 atom stereocenters. The maximum Gasteiger partial charge on any atom is 0.333 e. The number of carbonyl (C=O) groups excluding carboxylic acids is 1. The molecule has 0 amide bonds. The Bertz CT molecular complexity index is 171. The van der Waals surface area contributed by atoms with Gasteiger partial charge in [-0.3, -0.25) is 0 Å². The minimum Gasteiger partial charge on any atom is -0.463 e. The number of hydrogen-bond donors (Lipinski definition) is 0. The summed E-state index contributed by atoms with van der Waals surface area (Å²) in [7, 11) is 0. The third-order valence-corrected chi connectivity index (χ3v) is 1.86. The van der Waals surface area contributed by atoms with E-state index in [4.69, 9.17) is 4.74 Å². The van der Waals surface area contributed by atoms with Gasteiger partial charge in [-0.15, -0.1) is 0 Å². The topological polar surface area (TPSA) is 26.3 Å². The summed E-state index contributed by atoms with van der Waals surface area (Å²) in [5, 5.41) is 0. The second kappa shape index (κ2) is 7.84. The first-order valence-corrected chi connectivity index (χ1v) is 5.06. The highest BCUT2D eigenvalue weighted by Gasteiger charge is 2.02. The number of esters is 1. The highest BCUT2D eigenvalue weighted by molar-refractivity contribution is 5.87. The molecule has 0 aliphatic rings. The average Bonchev–Trinajstić information content (AvgIpc) is 2.12. The quantitative estimate of drug-likeness (QED) is 0.360. The molecule has 0 unspecified atom stereocenters. The molecule has 0 heterocycles. The van der Waals surface area contributed by atoms with Crippen molar-refractivity contribution < 1.29 is 9.53 Å². The summed E-state index contributed by atoms with van der Waals surface area (Å²) >= 11 is 0. The van der Waals surface area contributed by atoms with Crippen molar-refractivity contribution >= 4 is 5.97 Å². The molecule has 2 heteroatoms. The number of carbonyl (C=O) groups is 1. The SMILES string of the molecule is CCCCC/C=C(\C)C(=O)OCC. The Morgan fingerprint density at radius 1 is 1.31 bits per heavy atom. The highest BCUT2D eigenvalue weighted by Crippen LogP contribution is 2.04. The molecule has 0 rings (SSSR count). The standard InChI is InChI=1S/C11H20O2/c1-4-6-7-8-9-10(3)11(12)13-5-2/h9H,4-8H2,1-3H3/b10-9+. The first kappa shape index (κ1) is 12.2. The number of rotatable bonds is 6. The molecule has 0 aromatic heterocycles. The Balaban J connectivity index is 3.67.